The lowest BCUT2D eigenvalue weighted by Gasteiger charge is -2.40. The summed E-state index contributed by atoms with van der Waals surface area (Å²) < 4.78 is 6.26. The van der Waals surface area contributed by atoms with Crippen LogP contribution in [0.3, 0.4) is 0 Å². The molecule has 0 spiro atoms. The van der Waals surface area contributed by atoms with Crippen molar-refractivity contribution in [2.24, 2.45) is 11.3 Å². The number of ether oxygens (including phenoxy) is 1. The maximum absolute atomic E-state index is 13.9. The van der Waals surface area contributed by atoms with Crippen molar-refractivity contribution in [3.05, 3.63) is 41.5 Å². The van der Waals surface area contributed by atoms with Crippen molar-refractivity contribution >= 4 is 29.5 Å². The maximum atomic E-state index is 13.9. The van der Waals surface area contributed by atoms with Crippen molar-refractivity contribution in [2.45, 2.75) is 111 Å². The lowest BCUT2D eigenvalue weighted by molar-refractivity contribution is -0.141. The molecule has 1 rings (SSSR count). The van der Waals surface area contributed by atoms with Crippen LogP contribution in [0, 0.1) is 11.3 Å². The number of thioether (sulfide) groups is 1. The first kappa shape index (κ1) is 38.5. The van der Waals surface area contributed by atoms with Gasteiger partial charge in [0.1, 0.15) is 11.8 Å². The van der Waals surface area contributed by atoms with Crippen LogP contribution in [0.15, 0.2) is 35.9 Å². The first-order chi connectivity index (χ1) is 19.7. The Morgan fingerprint density at radius 3 is 2.16 bits per heavy atom. The van der Waals surface area contributed by atoms with Gasteiger partial charge in [0.2, 0.25) is 11.8 Å². The van der Waals surface area contributed by atoms with Crippen LogP contribution in [0.25, 0.3) is 0 Å². The fourth-order valence-electron chi connectivity index (χ4n) is 5.15. The Hall–Kier alpha value is -2.52. The number of likely N-dealkylation sites (N-methyl/N-ethyl adjacent to an activating group) is 2. The molecule has 0 heterocycles. The number of carbonyl (C=O) groups excluding carboxylic acids is 2. The number of carboxylic acids is 1. The highest BCUT2D eigenvalue weighted by molar-refractivity contribution is 8.00. The van der Waals surface area contributed by atoms with E-state index in [9.17, 15) is 19.5 Å². The van der Waals surface area contributed by atoms with Gasteiger partial charge in [0.15, 0.2) is 0 Å². The van der Waals surface area contributed by atoms with Crippen LogP contribution in [0.5, 0.6) is 5.75 Å². The van der Waals surface area contributed by atoms with Gasteiger partial charge in [0.05, 0.1) is 18.7 Å². The van der Waals surface area contributed by atoms with E-state index in [1.165, 1.54) is 6.92 Å². The minimum Gasteiger partial charge on any atom is -0.494 e. The van der Waals surface area contributed by atoms with E-state index in [1.54, 1.807) is 25.1 Å². The molecular weight excluding hydrogens is 562 g/mol. The number of amides is 2. The Morgan fingerprint density at radius 1 is 1.07 bits per heavy atom. The fourth-order valence-corrected chi connectivity index (χ4v) is 6.16. The SMILES string of the molecule is CCSC(C)(C)CCOc1cccc(C(C)(C)[C@H](NC)C(=O)NC(C(=O)N(C)[C@H](/C=C(\C)C(=O)O)C(C)C)C(C)(C)C)c1. The molecule has 244 valence electrons. The number of benzene rings is 1. The second-order valence-corrected chi connectivity index (χ2v) is 15.9. The van der Waals surface area contributed by atoms with Crippen LogP contribution >= 0.6 is 11.8 Å². The molecule has 0 bridgehead atoms. The maximum Gasteiger partial charge on any atom is 0.331 e. The second kappa shape index (κ2) is 16.0. The van der Waals surface area contributed by atoms with Gasteiger partial charge < -0.3 is 25.4 Å². The van der Waals surface area contributed by atoms with Crippen LogP contribution in [0.4, 0.5) is 0 Å². The van der Waals surface area contributed by atoms with Crippen molar-refractivity contribution < 1.29 is 24.2 Å². The Bertz CT molecular complexity index is 1120. The Labute approximate surface area is 264 Å². The molecule has 8 nitrogen and oxygen atoms in total. The van der Waals surface area contributed by atoms with E-state index in [-0.39, 0.29) is 28.1 Å². The zero-order valence-corrected chi connectivity index (χ0v) is 29.6. The van der Waals surface area contributed by atoms with Gasteiger partial charge in [-0.1, -0.05) is 87.4 Å². The molecule has 0 saturated heterocycles. The molecule has 0 aliphatic rings. The summed E-state index contributed by atoms with van der Waals surface area (Å²) >= 11 is 1.92. The predicted molar refractivity (Wildman–Crippen MR) is 179 cm³/mol. The number of carbonyl (C=O) groups is 3. The second-order valence-electron chi connectivity index (χ2n) is 13.9. The van der Waals surface area contributed by atoms with Gasteiger partial charge in [-0.2, -0.15) is 11.8 Å². The number of aliphatic carboxylic acids is 1. The van der Waals surface area contributed by atoms with Crippen LogP contribution in [0.1, 0.15) is 88.1 Å². The van der Waals surface area contributed by atoms with Crippen molar-refractivity contribution in [2.75, 3.05) is 26.5 Å². The molecule has 3 N–H and O–H groups in total. The third-order valence-electron chi connectivity index (χ3n) is 7.99. The average molecular weight is 620 g/mol. The first-order valence-corrected chi connectivity index (χ1v) is 16.2. The molecule has 0 radical (unpaired) electrons. The summed E-state index contributed by atoms with van der Waals surface area (Å²) in [5.74, 6) is 0.182. The molecular formula is C34H57N3O5S. The molecule has 1 aromatic rings. The van der Waals surface area contributed by atoms with Crippen LogP contribution in [-0.2, 0) is 19.8 Å². The molecule has 0 fully saturated rings. The van der Waals surface area contributed by atoms with Gasteiger partial charge in [0, 0.05) is 22.8 Å². The van der Waals surface area contributed by atoms with Gasteiger partial charge in [-0.25, -0.2) is 4.79 Å². The number of nitrogens with zero attached hydrogens (tertiary/aromatic N) is 1. The molecule has 3 atom stereocenters. The minimum atomic E-state index is -1.03. The quantitative estimate of drug-likeness (QED) is 0.198. The van der Waals surface area contributed by atoms with Crippen molar-refractivity contribution in [1.29, 1.82) is 0 Å². The average Bonchev–Trinajstić information content (AvgIpc) is 2.88. The zero-order valence-electron chi connectivity index (χ0n) is 28.8. The Kier molecular flexibility index (Phi) is 14.3. The topological polar surface area (TPSA) is 108 Å². The molecule has 0 aliphatic carbocycles. The van der Waals surface area contributed by atoms with Gasteiger partial charge in [-0.05, 0) is 55.2 Å². The Balaban J connectivity index is 3.25. The number of carboxylic acid groups (broad SMARTS) is 1. The van der Waals surface area contributed by atoms with Crippen molar-refractivity contribution in [3.8, 4) is 5.75 Å². The first-order valence-electron chi connectivity index (χ1n) is 15.2. The lowest BCUT2D eigenvalue weighted by Crippen LogP contribution is -2.61. The van der Waals surface area contributed by atoms with E-state index in [1.807, 2.05) is 84.5 Å². The van der Waals surface area contributed by atoms with E-state index < -0.39 is 34.9 Å². The van der Waals surface area contributed by atoms with E-state index in [0.29, 0.717) is 6.61 Å². The fraction of sp³-hybridized carbons (Fsp3) is 0.676. The molecule has 0 aliphatic heterocycles. The van der Waals surface area contributed by atoms with Crippen LogP contribution in [0.2, 0.25) is 0 Å². The number of hydrogen-bond acceptors (Lipinski definition) is 6. The summed E-state index contributed by atoms with van der Waals surface area (Å²) in [6.07, 6.45) is 2.52. The molecule has 1 unspecified atom stereocenters. The van der Waals surface area contributed by atoms with E-state index in [0.717, 1.165) is 23.5 Å². The largest absolute Gasteiger partial charge is 0.494 e. The number of hydrogen-bond donors (Lipinski definition) is 3. The number of rotatable bonds is 16. The van der Waals surface area contributed by atoms with Gasteiger partial charge in [-0.15, -0.1) is 0 Å². The highest BCUT2D eigenvalue weighted by Gasteiger charge is 2.41. The summed E-state index contributed by atoms with van der Waals surface area (Å²) in [6.45, 7) is 22.3. The molecule has 43 heavy (non-hydrogen) atoms. The highest BCUT2D eigenvalue weighted by atomic mass is 32.2. The van der Waals surface area contributed by atoms with E-state index in [4.69, 9.17) is 4.74 Å². The standard InChI is InChI=1S/C34H57N3O5S/c1-14-43-33(8,9)18-19-42-25-17-15-16-24(21-25)34(10,11)27(35-12)29(38)36-28(32(5,6)7)30(39)37(13)26(22(2)3)20-23(4)31(40)41/h15-17,20-22,26-28,35H,14,18-19H2,1-13H3,(H,36,38)(H,40,41)/b23-20+/t26-,27-,28?/m1/s1. The third kappa shape index (κ3) is 11.2. The zero-order chi connectivity index (χ0) is 33.3. The summed E-state index contributed by atoms with van der Waals surface area (Å²) in [5.41, 5.74) is -0.142. The molecule has 2 amide bonds. The predicted octanol–water partition coefficient (Wildman–Crippen LogP) is 5.90. The van der Waals surface area contributed by atoms with Gasteiger partial charge >= 0.3 is 5.97 Å². The third-order valence-corrected chi connectivity index (χ3v) is 9.27. The normalized spacial score (nSPS) is 15.1. The van der Waals surface area contributed by atoms with Crippen molar-refractivity contribution in [1.82, 2.24) is 15.5 Å². The molecule has 0 saturated carbocycles. The number of nitrogens with one attached hydrogen (secondary N) is 2. The summed E-state index contributed by atoms with van der Waals surface area (Å²) in [5, 5.41) is 15.7. The van der Waals surface area contributed by atoms with Gasteiger partial charge in [-0.3, -0.25) is 9.59 Å². The van der Waals surface area contributed by atoms with E-state index in [2.05, 4.69) is 31.4 Å². The lowest BCUT2D eigenvalue weighted by atomic mass is 9.76. The van der Waals surface area contributed by atoms with E-state index >= 15 is 0 Å². The monoisotopic (exact) mass is 619 g/mol. The minimum absolute atomic E-state index is 0.0328. The highest BCUT2D eigenvalue weighted by Crippen LogP contribution is 2.32. The molecule has 0 aromatic heterocycles. The molecule has 1 aromatic carbocycles. The van der Waals surface area contributed by atoms with Crippen LogP contribution < -0.4 is 15.4 Å². The summed E-state index contributed by atoms with van der Waals surface area (Å²) in [7, 11) is 3.41. The smallest absolute Gasteiger partial charge is 0.331 e. The Morgan fingerprint density at radius 2 is 1.67 bits per heavy atom. The summed E-state index contributed by atoms with van der Waals surface area (Å²) in [4.78, 5) is 40.9. The molecule has 9 heteroatoms. The van der Waals surface area contributed by atoms with Crippen LogP contribution in [-0.4, -0.2) is 77.1 Å². The van der Waals surface area contributed by atoms with Crippen molar-refractivity contribution in [3.63, 3.8) is 0 Å². The van der Waals surface area contributed by atoms with Gasteiger partial charge in [0.25, 0.3) is 0 Å². The summed E-state index contributed by atoms with van der Waals surface area (Å²) in [6, 6.07) is 5.92.